The molecule has 128 valence electrons. The summed E-state index contributed by atoms with van der Waals surface area (Å²) in [5, 5.41) is 16.3. The fraction of sp³-hybridized carbons (Fsp3) is 0.0909. The molecule has 26 heavy (non-hydrogen) atoms. The predicted octanol–water partition coefficient (Wildman–Crippen LogP) is 4.38. The zero-order valence-corrected chi connectivity index (χ0v) is 14.1. The van der Waals surface area contributed by atoms with Gasteiger partial charge in [-0.05, 0) is 29.8 Å². The molecule has 0 radical (unpaired) electrons. The van der Waals surface area contributed by atoms with Crippen LogP contribution in [-0.4, -0.2) is 21.7 Å². The molecule has 0 unspecified atom stereocenters. The second-order valence-electron chi connectivity index (χ2n) is 6.21. The summed E-state index contributed by atoms with van der Waals surface area (Å²) < 4.78 is 0. The Morgan fingerprint density at radius 1 is 0.885 bits per heavy atom. The van der Waals surface area contributed by atoms with E-state index < -0.39 is 0 Å². The molecule has 1 heterocycles. The maximum Gasteiger partial charge on any atom is 0.274 e. The fourth-order valence-electron chi connectivity index (χ4n) is 3.23. The van der Waals surface area contributed by atoms with E-state index in [-0.39, 0.29) is 17.7 Å². The van der Waals surface area contributed by atoms with Crippen molar-refractivity contribution in [1.29, 1.82) is 0 Å². The zero-order valence-electron chi connectivity index (χ0n) is 14.1. The summed E-state index contributed by atoms with van der Waals surface area (Å²) in [6.45, 7) is 0. The van der Waals surface area contributed by atoms with Crippen LogP contribution in [0.5, 0.6) is 5.75 Å². The van der Waals surface area contributed by atoms with Gasteiger partial charge in [0.25, 0.3) is 5.91 Å². The Balaban J connectivity index is 1.75. The molecule has 1 aliphatic heterocycles. The van der Waals surface area contributed by atoms with Crippen molar-refractivity contribution in [2.45, 2.75) is 12.5 Å². The van der Waals surface area contributed by atoms with E-state index in [2.05, 4.69) is 5.10 Å². The molecule has 0 aromatic heterocycles. The fourth-order valence-corrected chi connectivity index (χ4v) is 3.23. The Kier molecular flexibility index (Phi) is 4.23. The van der Waals surface area contributed by atoms with E-state index in [1.807, 2.05) is 60.7 Å². The van der Waals surface area contributed by atoms with Crippen LogP contribution in [0.1, 0.15) is 33.9 Å². The lowest BCUT2D eigenvalue weighted by atomic mass is 9.98. The predicted molar refractivity (Wildman–Crippen MR) is 101 cm³/mol. The summed E-state index contributed by atoms with van der Waals surface area (Å²) in [6, 6.07) is 25.9. The number of para-hydroxylation sites is 1. The number of aromatic hydroxyl groups is 1. The first-order valence-corrected chi connectivity index (χ1v) is 8.53. The average molecular weight is 342 g/mol. The quantitative estimate of drug-likeness (QED) is 0.768. The monoisotopic (exact) mass is 342 g/mol. The highest BCUT2D eigenvalue weighted by Gasteiger charge is 2.34. The van der Waals surface area contributed by atoms with Crippen LogP contribution in [0.4, 0.5) is 0 Å². The Bertz CT molecular complexity index is 952. The first-order valence-electron chi connectivity index (χ1n) is 8.53. The third-order valence-corrected chi connectivity index (χ3v) is 4.54. The number of amides is 1. The molecule has 3 aromatic carbocycles. The molecule has 0 spiro atoms. The first-order chi connectivity index (χ1) is 12.7. The van der Waals surface area contributed by atoms with Crippen LogP contribution in [-0.2, 0) is 0 Å². The molecule has 0 saturated carbocycles. The van der Waals surface area contributed by atoms with Crippen LogP contribution >= 0.6 is 0 Å². The van der Waals surface area contributed by atoms with Crippen molar-refractivity contribution in [2.75, 3.05) is 0 Å². The summed E-state index contributed by atoms with van der Waals surface area (Å²) in [7, 11) is 0. The number of benzene rings is 3. The molecule has 0 bridgehead atoms. The summed E-state index contributed by atoms with van der Waals surface area (Å²) in [4.78, 5) is 13.0. The molecule has 0 saturated heterocycles. The van der Waals surface area contributed by atoms with Crippen LogP contribution in [0, 0.1) is 0 Å². The van der Waals surface area contributed by atoms with E-state index >= 15 is 0 Å². The number of rotatable bonds is 3. The Hall–Kier alpha value is -3.40. The van der Waals surface area contributed by atoms with E-state index in [4.69, 9.17) is 0 Å². The molecule has 3 aromatic rings. The second kappa shape index (κ2) is 6.84. The van der Waals surface area contributed by atoms with Crippen molar-refractivity contribution in [3.8, 4) is 5.75 Å². The molecule has 4 rings (SSSR count). The van der Waals surface area contributed by atoms with Crippen LogP contribution in [0.2, 0.25) is 0 Å². The topological polar surface area (TPSA) is 52.9 Å². The molecule has 1 atom stereocenters. The van der Waals surface area contributed by atoms with Crippen molar-refractivity contribution in [2.24, 2.45) is 5.10 Å². The Morgan fingerprint density at radius 2 is 1.50 bits per heavy atom. The molecular weight excluding hydrogens is 324 g/mol. The van der Waals surface area contributed by atoms with Gasteiger partial charge in [0.1, 0.15) is 5.75 Å². The first kappa shape index (κ1) is 16.1. The molecule has 4 nitrogen and oxygen atoms in total. The van der Waals surface area contributed by atoms with Crippen LogP contribution in [0.3, 0.4) is 0 Å². The number of hydrogen-bond donors (Lipinski definition) is 1. The highest BCUT2D eigenvalue weighted by molar-refractivity contribution is 6.06. The van der Waals surface area contributed by atoms with Gasteiger partial charge in [-0.1, -0.05) is 60.7 Å². The highest BCUT2D eigenvalue weighted by atomic mass is 16.3. The van der Waals surface area contributed by atoms with Crippen molar-refractivity contribution >= 4 is 11.6 Å². The summed E-state index contributed by atoms with van der Waals surface area (Å²) in [6.07, 6.45) is 0.556. The normalized spacial score (nSPS) is 16.4. The van der Waals surface area contributed by atoms with Gasteiger partial charge in [0, 0.05) is 17.5 Å². The van der Waals surface area contributed by atoms with Gasteiger partial charge in [0.05, 0.1) is 11.8 Å². The summed E-state index contributed by atoms with van der Waals surface area (Å²) in [5.74, 6) is 0.0249. The molecule has 4 heteroatoms. The number of phenolic OH excluding ortho intramolecular Hbond substituents is 1. The highest BCUT2D eigenvalue weighted by Crippen LogP contribution is 2.35. The average Bonchev–Trinajstić information content (AvgIpc) is 3.14. The van der Waals surface area contributed by atoms with Gasteiger partial charge in [0.2, 0.25) is 0 Å². The van der Waals surface area contributed by atoms with Gasteiger partial charge >= 0.3 is 0 Å². The third kappa shape index (κ3) is 2.97. The largest absolute Gasteiger partial charge is 0.507 e. The number of carbonyl (C=O) groups is 1. The Labute approximate surface area is 152 Å². The third-order valence-electron chi connectivity index (χ3n) is 4.54. The van der Waals surface area contributed by atoms with Gasteiger partial charge in [-0.3, -0.25) is 4.79 Å². The maximum absolute atomic E-state index is 13.0. The van der Waals surface area contributed by atoms with Gasteiger partial charge < -0.3 is 5.11 Å². The van der Waals surface area contributed by atoms with E-state index in [0.717, 1.165) is 5.56 Å². The SMILES string of the molecule is O=C(c1ccccc1)N1N=C(c2ccccc2O)C[C@@H]1c1ccccc1. The van der Waals surface area contributed by atoms with E-state index in [0.29, 0.717) is 23.3 Å². The number of phenols is 1. The summed E-state index contributed by atoms with van der Waals surface area (Å²) >= 11 is 0. The van der Waals surface area contributed by atoms with Crippen molar-refractivity contribution in [3.63, 3.8) is 0 Å². The van der Waals surface area contributed by atoms with E-state index in [1.165, 1.54) is 5.01 Å². The van der Waals surface area contributed by atoms with Crippen LogP contribution in [0.25, 0.3) is 0 Å². The molecule has 1 aliphatic rings. The van der Waals surface area contributed by atoms with Gasteiger partial charge in [-0.15, -0.1) is 0 Å². The molecular formula is C22H18N2O2. The smallest absolute Gasteiger partial charge is 0.274 e. The van der Waals surface area contributed by atoms with Gasteiger partial charge in [-0.25, -0.2) is 5.01 Å². The van der Waals surface area contributed by atoms with E-state index in [1.54, 1.807) is 24.3 Å². The molecule has 1 N–H and O–H groups in total. The van der Waals surface area contributed by atoms with Crippen molar-refractivity contribution in [3.05, 3.63) is 102 Å². The molecule has 0 aliphatic carbocycles. The maximum atomic E-state index is 13.0. The van der Waals surface area contributed by atoms with Gasteiger partial charge in [-0.2, -0.15) is 5.10 Å². The second-order valence-corrected chi connectivity index (χ2v) is 6.21. The minimum Gasteiger partial charge on any atom is -0.507 e. The lowest BCUT2D eigenvalue weighted by molar-refractivity contribution is 0.0711. The summed E-state index contributed by atoms with van der Waals surface area (Å²) in [5.41, 5.74) is 2.99. The standard InChI is InChI=1S/C22H18N2O2/c25-21-14-8-7-13-18(21)19-15-20(16-9-3-1-4-10-16)24(23-19)22(26)17-11-5-2-6-12-17/h1-14,20,25H,15H2/t20-/m1/s1. The van der Waals surface area contributed by atoms with Crippen molar-refractivity contribution in [1.82, 2.24) is 5.01 Å². The lowest BCUT2D eigenvalue weighted by Crippen LogP contribution is -2.27. The van der Waals surface area contributed by atoms with Crippen LogP contribution in [0.15, 0.2) is 90.0 Å². The number of hydrazone groups is 1. The van der Waals surface area contributed by atoms with Crippen LogP contribution < -0.4 is 0 Å². The Morgan fingerprint density at radius 3 is 2.19 bits per heavy atom. The van der Waals surface area contributed by atoms with Gasteiger partial charge in [0.15, 0.2) is 0 Å². The van der Waals surface area contributed by atoms with Crippen molar-refractivity contribution < 1.29 is 9.90 Å². The number of carbonyl (C=O) groups excluding carboxylic acids is 1. The lowest BCUT2D eigenvalue weighted by Gasteiger charge is -2.22. The number of hydrogen-bond acceptors (Lipinski definition) is 3. The zero-order chi connectivity index (χ0) is 17.9. The minimum atomic E-state index is -0.196. The molecule has 1 amide bonds. The van der Waals surface area contributed by atoms with E-state index in [9.17, 15) is 9.90 Å². The number of nitrogens with zero attached hydrogens (tertiary/aromatic N) is 2. The molecule has 0 fully saturated rings. The minimum absolute atomic E-state index is 0.148.